The average molecular weight is 275 g/mol. The van der Waals surface area contributed by atoms with Gasteiger partial charge in [0, 0.05) is 15.5 Å². The topological polar surface area (TPSA) is 40.1 Å². The molecule has 12 heavy (non-hydrogen) atoms. The Hall–Kier alpha value is -0.580. The summed E-state index contributed by atoms with van der Waals surface area (Å²) in [5.74, 6) is -1.56. The van der Waals surface area contributed by atoms with Gasteiger partial charge in [0.2, 0.25) is 0 Å². The minimum atomic E-state index is -1.03. The molecule has 0 N–H and O–H groups in total. The van der Waals surface area contributed by atoms with Crippen LogP contribution in [0.25, 0.3) is 0 Å². The standard InChI is InChI=1S/C9H9IO2/c1-6(9(11)12)7-2-4-8(10)5-3-7/h2-6H,1H3,(H,11,12)/p-1. The molecule has 1 aromatic rings. The Balaban J connectivity index is 2.89. The first-order valence-corrected chi connectivity index (χ1v) is 4.65. The fraction of sp³-hybridized carbons (Fsp3) is 0.222. The third-order valence-electron chi connectivity index (χ3n) is 1.72. The van der Waals surface area contributed by atoms with E-state index in [9.17, 15) is 9.90 Å². The van der Waals surface area contributed by atoms with E-state index < -0.39 is 11.9 Å². The monoisotopic (exact) mass is 275 g/mol. The number of benzene rings is 1. The zero-order valence-electron chi connectivity index (χ0n) is 6.58. The van der Waals surface area contributed by atoms with Crippen LogP contribution in [0.5, 0.6) is 0 Å². The van der Waals surface area contributed by atoms with E-state index in [1.165, 1.54) is 0 Å². The lowest BCUT2D eigenvalue weighted by molar-refractivity contribution is -0.307. The van der Waals surface area contributed by atoms with Gasteiger partial charge in [0.05, 0.1) is 0 Å². The molecule has 3 heteroatoms. The van der Waals surface area contributed by atoms with Gasteiger partial charge in [-0.05, 0) is 40.3 Å². The molecule has 0 heterocycles. The first-order valence-electron chi connectivity index (χ1n) is 3.57. The molecule has 0 saturated heterocycles. The first-order chi connectivity index (χ1) is 5.61. The third kappa shape index (κ3) is 2.20. The smallest absolute Gasteiger partial charge is 0.0486 e. The highest BCUT2D eigenvalue weighted by atomic mass is 127. The van der Waals surface area contributed by atoms with Crippen LogP contribution in [-0.4, -0.2) is 5.97 Å². The van der Waals surface area contributed by atoms with Gasteiger partial charge >= 0.3 is 0 Å². The summed E-state index contributed by atoms with van der Waals surface area (Å²) in [6.07, 6.45) is 0. The molecule has 1 aromatic carbocycles. The summed E-state index contributed by atoms with van der Waals surface area (Å²) in [6.45, 7) is 1.62. The van der Waals surface area contributed by atoms with E-state index in [1.807, 2.05) is 24.3 Å². The molecular weight excluding hydrogens is 267 g/mol. The van der Waals surface area contributed by atoms with Crippen LogP contribution in [-0.2, 0) is 4.79 Å². The average Bonchev–Trinajstić information content (AvgIpc) is 2.04. The van der Waals surface area contributed by atoms with Crippen molar-refractivity contribution in [3.63, 3.8) is 0 Å². The lowest BCUT2D eigenvalue weighted by Crippen LogP contribution is -2.27. The molecule has 64 valence electrons. The molecule has 0 saturated carbocycles. The van der Waals surface area contributed by atoms with E-state index in [-0.39, 0.29) is 0 Å². The maximum absolute atomic E-state index is 10.5. The van der Waals surface area contributed by atoms with Crippen LogP contribution < -0.4 is 5.11 Å². The van der Waals surface area contributed by atoms with E-state index in [0.29, 0.717) is 0 Å². The summed E-state index contributed by atoms with van der Waals surface area (Å²) in [7, 11) is 0. The molecule has 0 bridgehead atoms. The number of carboxylic acid groups (broad SMARTS) is 1. The van der Waals surface area contributed by atoms with E-state index in [2.05, 4.69) is 22.6 Å². The number of halogens is 1. The van der Waals surface area contributed by atoms with Gasteiger partial charge in [-0.1, -0.05) is 19.1 Å². The minimum absolute atomic E-state index is 0.526. The predicted octanol–water partition coefficient (Wildman–Crippen LogP) is 1.14. The molecule has 1 atom stereocenters. The van der Waals surface area contributed by atoms with Crippen molar-refractivity contribution in [1.82, 2.24) is 0 Å². The molecule has 1 rings (SSSR count). The van der Waals surface area contributed by atoms with Crippen molar-refractivity contribution in [3.8, 4) is 0 Å². The summed E-state index contributed by atoms with van der Waals surface area (Å²) < 4.78 is 1.10. The molecule has 0 aliphatic heterocycles. The van der Waals surface area contributed by atoms with E-state index in [0.717, 1.165) is 9.13 Å². The summed E-state index contributed by atoms with van der Waals surface area (Å²) in [4.78, 5) is 10.5. The Kier molecular flexibility index (Phi) is 3.08. The fourth-order valence-corrected chi connectivity index (χ4v) is 1.25. The van der Waals surface area contributed by atoms with Crippen LogP contribution in [0.1, 0.15) is 18.4 Å². The third-order valence-corrected chi connectivity index (χ3v) is 2.44. The largest absolute Gasteiger partial charge is 0.550 e. The Morgan fingerprint density at radius 2 is 1.92 bits per heavy atom. The van der Waals surface area contributed by atoms with Gasteiger partial charge in [-0.15, -0.1) is 0 Å². The van der Waals surface area contributed by atoms with Crippen LogP contribution >= 0.6 is 22.6 Å². The van der Waals surface area contributed by atoms with Crippen LogP contribution in [0, 0.1) is 3.57 Å². The normalized spacial score (nSPS) is 12.5. The van der Waals surface area contributed by atoms with Gasteiger partial charge in [-0.2, -0.15) is 0 Å². The lowest BCUT2D eigenvalue weighted by atomic mass is 10.0. The summed E-state index contributed by atoms with van der Waals surface area (Å²) >= 11 is 2.17. The number of aliphatic carboxylic acids is 1. The zero-order chi connectivity index (χ0) is 9.14. The number of carboxylic acids is 1. The minimum Gasteiger partial charge on any atom is -0.550 e. The van der Waals surface area contributed by atoms with Gasteiger partial charge < -0.3 is 9.90 Å². The number of rotatable bonds is 2. The Morgan fingerprint density at radius 1 is 1.42 bits per heavy atom. The number of hydrogen-bond donors (Lipinski definition) is 0. The van der Waals surface area contributed by atoms with Crippen molar-refractivity contribution >= 4 is 28.6 Å². The Bertz CT molecular complexity index is 279. The SMILES string of the molecule is CC(C(=O)[O-])c1ccc(I)cc1. The number of carbonyl (C=O) groups is 1. The van der Waals surface area contributed by atoms with Gasteiger partial charge in [-0.3, -0.25) is 0 Å². The molecule has 2 nitrogen and oxygen atoms in total. The molecule has 0 aromatic heterocycles. The van der Waals surface area contributed by atoms with Crippen LogP contribution in [0.2, 0.25) is 0 Å². The summed E-state index contributed by atoms with van der Waals surface area (Å²) in [5, 5.41) is 10.5. The maximum atomic E-state index is 10.5. The molecule has 0 fully saturated rings. The zero-order valence-corrected chi connectivity index (χ0v) is 8.74. The number of carbonyl (C=O) groups excluding carboxylic acids is 1. The number of hydrogen-bond acceptors (Lipinski definition) is 2. The van der Waals surface area contributed by atoms with Crippen molar-refractivity contribution in [2.24, 2.45) is 0 Å². The molecule has 0 aliphatic carbocycles. The summed E-state index contributed by atoms with van der Waals surface area (Å²) in [6, 6.07) is 7.38. The Morgan fingerprint density at radius 3 is 2.33 bits per heavy atom. The van der Waals surface area contributed by atoms with Gasteiger partial charge in [0.15, 0.2) is 0 Å². The predicted molar refractivity (Wildman–Crippen MR) is 52.6 cm³/mol. The quantitative estimate of drug-likeness (QED) is 0.759. The molecule has 1 unspecified atom stereocenters. The van der Waals surface area contributed by atoms with Gasteiger partial charge in [-0.25, -0.2) is 0 Å². The van der Waals surface area contributed by atoms with Crippen molar-refractivity contribution in [2.75, 3.05) is 0 Å². The maximum Gasteiger partial charge on any atom is 0.0486 e. The van der Waals surface area contributed by atoms with Crippen molar-refractivity contribution in [3.05, 3.63) is 33.4 Å². The van der Waals surface area contributed by atoms with E-state index >= 15 is 0 Å². The molecule has 0 spiro atoms. The molecule has 0 amide bonds. The second-order valence-corrected chi connectivity index (χ2v) is 3.84. The Labute approximate surface area is 84.7 Å². The van der Waals surface area contributed by atoms with Crippen LogP contribution in [0.3, 0.4) is 0 Å². The van der Waals surface area contributed by atoms with Crippen LogP contribution in [0.15, 0.2) is 24.3 Å². The van der Waals surface area contributed by atoms with E-state index in [4.69, 9.17) is 0 Å². The molecular formula is C9H8IO2-. The molecule has 0 radical (unpaired) electrons. The summed E-state index contributed by atoms with van der Waals surface area (Å²) in [5.41, 5.74) is 0.787. The lowest BCUT2D eigenvalue weighted by Gasteiger charge is -2.12. The fourth-order valence-electron chi connectivity index (χ4n) is 0.888. The van der Waals surface area contributed by atoms with Gasteiger partial charge in [0.1, 0.15) is 0 Å². The van der Waals surface area contributed by atoms with Gasteiger partial charge in [0.25, 0.3) is 0 Å². The van der Waals surface area contributed by atoms with Crippen molar-refractivity contribution in [1.29, 1.82) is 0 Å². The van der Waals surface area contributed by atoms with Crippen LogP contribution in [0.4, 0.5) is 0 Å². The van der Waals surface area contributed by atoms with Crippen molar-refractivity contribution in [2.45, 2.75) is 12.8 Å². The van der Waals surface area contributed by atoms with Crippen molar-refractivity contribution < 1.29 is 9.90 Å². The second kappa shape index (κ2) is 3.89. The van der Waals surface area contributed by atoms with E-state index in [1.54, 1.807) is 6.92 Å². The highest BCUT2D eigenvalue weighted by molar-refractivity contribution is 14.1. The first kappa shape index (κ1) is 9.51. The second-order valence-electron chi connectivity index (χ2n) is 2.59. The molecule has 0 aliphatic rings. The highest BCUT2D eigenvalue weighted by Gasteiger charge is 2.04. The highest BCUT2D eigenvalue weighted by Crippen LogP contribution is 2.15.